The number of carbonyl (C=O) groups is 2. The first kappa shape index (κ1) is 21.7. The zero-order chi connectivity index (χ0) is 23.3. The van der Waals surface area contributed by atoms with Gasteiger partial charge in [0.1, 0.15) is 0 Å². The van der Waals surface area contributed by atoms with E-state index in [9.17, 15) is 9.59 Å². The van der Waals surface area contributed by atoms with Crippen molar-refractivity contribution in [2.45, 2.75) is 22.9 Å². The average molecular weight is 467 g/mol. The molecule has 1 aliphatic heterocycles. The van der Waals surface area contributed by atoms with Crippen LogP contribution < -0.4 is 15.5 Å². The number of fused-ring (bicyclic) bond motifs is 2. The Kier molecular flexibility index (Phi) is 6.27. The molecule has 0 fully saturated rings. The van der Waals surface area contributed by atoms with Crippen LogP contribution in [0.5, 0.6) is 0 Å². The maximum atomic E-state index is 13.6. The summed E-state index contributed by atoms with van der Waals surface area (Å²) in [5, 5.41) is 5.69. The molecule has 0 unspecified atom stereocenters. The fourth-order valence-electron chi connectivity index (χ4n) is 3.77. The lowest BCUT2D eigenvalue weighted by Crippen LogP contribution is -2.31. The zero-order valence-corrected chi connectivity index (χ0v) is 19.1. The molecule has 0 aliphatic carbocycles. The number of benzene rings is 3. The maximum absolute atomic E-state index is 13.6. The molecule has 0 radical (unpaired) electrons. The number of hydrogen-bond donors (Lipinski definition) is 2. The molecule has 168 valence electrons. The van der Waals surface area contributed by atoms with E-state index in [1.165, 1.54) is 0 Å². The maximum Gasteiger partial charge on any atom is 0.319 e. The third-order valence-electron chi connectivity index (χ3n) is 5.43. The van der Waals surface area contributed by atoms with Gasteiger partial charge in [-0.2, -0.15) is 0 Å². The number of urea groups is 1. The summed E-state index contributed by atoms with van der Waals surface area (Å²) in [6.07, 6.45) is 1.69. The Morgan fingerprint density at radius 2 is 1.68 bits per heavy atom. The Balaban J connectivity index is 1.43. The number of nitrogens with one attached hydrogen (secondary N) is 2. The lowest BCUT2D eigenvalue weighted by molar-refractivity contribution is 0.0982. The van der Waals surface area contributed by atoms with E-state index in [0.29, 0.717) is 24.3 Å². The Morgan fingerprint density at radius 3 is 2.50 bits per heavy atom. The van der Waals surface area contributed by atoms with Gasteiger partial charge in [0.15, 0.2) is 0 Å². The smallest absolute Gasteiger partial charge is 0.319 e. The number of aromatic nitrogens is 1. The highest BCUT2D eigenvalue weighted by atomic mass is 32.2. The summed E-state index contributed by atoms with van der Waals surface area (Å²) in [6.45, 7) is 0.748. The van der Waals surface area contributed by atoms with Crippen LogP contribution in [0.2, 0.25) is 0 Å². The molecule has 0 spiro atoms. The number of anilines is 2. The van der Waals surface area contributed by atoms with E-state index in [-0.39, 0.29) is 11.9 Å². The van der Waals surface area contributed by atoms with Gasteiger partial charge in [0.2, 0.25) is 0 Å². The van der Waals surface area contributed by atoms with Gasteiger partial charge in [-0.25, -0.2) is 4.79 Å². The van der Waals surface area contributed by atoms with E-state index >= 15 is 0 Å². The quantitative estimate of drug-likeness (QED) is 0.395. The second-order valence-electron chi connectivity index (χ2n) is 7.79. The minimum absolute atomic E-state index is 0.0672. The van der Waals surface area contributed by atoms with Crippen molar-refractivity contribution in [3.63, 3.8) is 0 Å². The van der Waals surface area contributed by atoms with Crippen LogP contribution in [0.15, 0.2) is 107 Å². The van der Waals surface area contributed by atoms with Crippen LogP contribution in [0.1, 0.15) is 21.6 Å². The summed E-state index contributed by atoms with van der Waals surface area (Å²) >= 11 is 1.56. The molecule has 2 N–H and O–H groups in total. The second-order valence-corrected chi connectivity index (χ2v) is 8.87. The van der Waals surface area contributed by atoms with Crippen LogP contribution in [0.3, 0.4) is 0 Å². The number of carbonyl (C=O) groups excluding carboxylic acids is 2. The van der Waals surface area contributed by atoms with Gasteiger partial charge in [-0.05, 0) is 48.0 Å². The normalized spacial score (nSPS) is 12.4. The molecule has 3 amide bonds. The topological polar surface area (TPSA) is 74.3 Å². The van der Waals surface area contributed by atoms with Crippen LogP contribution in [0, 0.1) is 0 Å². The molecule has 0 saturated carbocycles. The fraction of sp³-hybridized carbons (Fsp3) is 0.0741. The predicted molar refractivity (Wildman–Crippen MR) is 134 cm³/mol. The van der Waals surface area contributed by atoms with Gasteiger partial charge in [-0.15, -0.1) is 0 Å². The van der Waals surface area contributed by atoms with Gasteiger partial charge in [0.25, 0.3) is 5.91 Å². The monoisotopic (exact) mass is 466 g/mol. The minimum Gasteiger partial charge on any atom is -0.332 e. The van der Waals surface area contributed by atoms with Crippen molar-refractivity contribution in [3.05, 3.63) is 114 Å². The summed E-state index contributed by atoms with van der Waals surface area (Å²) in [4.78, 5) is 34.0. The van der Waals surface area contributed by atoms with Crippen molar-refractivity contribution in [2.75, 3.05) is 10.2 Å². The van der Waals surface area contributed by atoms with E-state index in [0.717, 1.165) is 26.7 Å². The SMILES string of the molecule is O=C(NCc1ccccn1)Nc1ccc2c(c1)N(Cc1ccccc1)C(=O)c1ccccc1S2. The molecule has 34 heavy (non-hydrogen) atoms. The van der Waals surface area contributed by atoms with Crippen molar-refractivity contribution in [2.24, 2.45) is 0 Å². The largest absolute Gasteiger partial charge is 0.332 e. The predicted octanol–water partition coefficient (Wildman–Crippen LogP) is 5.71. The number of rotatable bonds is 5. The van der Waals surface area contributed by atoms with Crippen molar-refractivity contribution in [3.8, 4) is 0 Å². The Bertz CT molecular complexity index is 1330. The molecule has 5 rings (SSSR count). The molecule has 6 nitrogen and oxygen atoms in total. The van der Waals surface area contributed by atoms with Crippen LogP contribution in [0.25, 0.3) is 0 Å². The van der Waals surface area contributed by atoms with Crippen molar-refractivity contribution >= 4 is 35.1 Å². The highest BCUT2D eigenvalue weighted by Crippen LogP contribution is 2.43. The van der Waals surface area contributed by atoms with Crippen molar-refractivity contribution < 1.29 is 9.59 Å². The number of amides is 3. The van der Waals surface area contributed by atoms with E-state index in [4.69, 9.17) is 0 Å². The van der Waals surface area contributed by atoms with E-state index in [2.05, 4.69) is 15.6 Å². The lowest BCUT2D eigenvalue weighted by Gasteiger charge is -2.24. The molecule has 3 aromatic carbocycles. The van der Waals surface area contributed by atoms with Crippen LogP contribution in [-0.4, -0.2) is 16.9 Å². The molecule has 1 aliphatic rings. The summed E-state index contributed by atoms with van der Waals surface area (Å²) in [5.41, 5.74) is 3.83. The molecule has 0 bridgehead atoms. The Labute approximate surface area is 202 Å². The molecular weight excluding hydrogens is 444 g/mol. The highest BCUT2D eigenvalue weighted by Gasteiger charge is 2.27. The average Bonchev–Trinajstić information content (AvgIpc) is 2.99. The van der Waals surface area contributed by atoms with Crippen LogP contribution in [-0.2, 0) is 13.1 Å². The van der Waals surface area contributed by atoms with E-state index in [1.807, 2.05) is 91.0 Å². The number of pyridine rings is 1. The summed E-state index contributed by atoms with van der Waals surface area (Å²) in [7, 11) is 0. The standard InChI is InChI=1S/C27H22N4O2S/c32-26-22-11-4-5-12-24(22)34-25-14-13-20(30-27(33)29-17-21-10-6-7-15-28-21)16-23(25)31(26)18-19-8-2-1-3-9-19/h1-16H,17-18H2,(H2,29,30,33). The molecule has 0 saturated heterocycles. The fourth-order valence-corrected chi connectivity index (χ4v) is 4.83. The van der Waals surface area contributed by atoms with Gasteiger partial charge in [0, 0.05) is 21.7 Å². The van der Waals surface area contributed by atoms with Gasteiger partial charge in [-0.3, -0.25) is 9.78 Å². The van der Waals surface area contributed by atoms with Crippen LogP contribution in [0.4, 0.5) is 16.2 Å². The molecule has 1 aromatic heterocycles. The zero-order valence-electron chi connectivity index (χ0n) is 18.3. The number of hydrogen-bond acceptors (Lipinski definition) is 4. The second kappa shape index (κ2) is 9.80. The molecule has 4 aromatic rings. The third kappa shape index (κ3) is 4.79. The lowest BCUT2D eigenvalue weighted by atomic mass is 10.1. The van der Waals surface area contributed by atoms with Crippen LogP contribution >= 0.6 is 11.8 Å². The van der Waals surface area contributed by atoms with Gasteiger partial charge in [-0.1, -0.05) is 60.3 Å². The van der Waals surface area contributed by atoms with Gasteiger partial charge in [0.05, 0.1) is 30.0 Å². The first-order chi connectivity index (χ1) is 16.7. The van der Waals surface area contributed by atoms with Gasteiger partial charge < -0.3 is 15.5 Å². The first-order valence-electron chi connectivity index (χ1n) is 10.9. The Hall–Kier alpha value is -4.10. The van der Waals surface area contributed by atoms with Crippen molar-refractivity contribution in [1.82, 2.24) is 10.3 Å². The molecule has 0 atom stereocenters. The summed E-state index contributed by atoms with van der Waals surface area (Å²) < 4.78 is 0. The van der Waals surface area contributed by atoms with E-state index < -0.39 is 0 Å². The highest BCUT2D eigenvalue weighted by molar-refractivity contribution is 7.99. The molecule has 2 heterocycles. The molecule has 7 heteroatoms. The number of nitrogens with zero attached hydrogens (tertiary/aromatic N) is 2. The summed E-state index contributed by atoms with van der Waals surface area (Å²) in [5.74, 6) is -0.0672. The first-order valence-corrected chi connectivity index (χ1v) is 11.7. The third-order valence-corrected chi connectivity index (χ3v) is 6.57. The van der Waals surface area contributed by atoms with Gasteiger partial charge >= 0.3 is 6.03 Å². The summed E-state index contributed by atoms with van der Waals surface area (Å²) in [6, 6.07) is 28.4. The molecular formula is C27H22N4O2S. The van der Waals surface area contributed by atoms with E-state index in [1.54, 1.807) is 22.9 Å². The Morgan fingerprint density at radius 1 is 0.882 bits per heavy atom. The minimum atomic E-state index is -0.337. The van der Waals surface area contributed by atoms with Crippen molar-refractivity contribution in [1.29, 1.82) is 0 Å².